The number of aryl methyl sites for hydroxylation is 1. The Balaban J connectivity index is 1.52. The van der Waals surface area contributed by atoms with Crippen LogP contribution in [0.1, 0.15) is 24.2 Å². The zero-order chi connectivity index (χ0) is 20.9. The van der Waals surface area contributed by atoms with E-state index in [9.17, 15) is 9.59 Å². The maximum atomic E-state index is 13.0. The van der Waals surface area contributed by atoms with Gasteiger partial charge in [-0.3, -0.25) is 9.59 Å². The molecule has 0 saturated carbocycles. The highest BCUT2D eigenvalue weighted by molar-refractivity contribution is 5.78. The summed E-state index contributed by atoms with van der Waals surface area (Å²) >= 11 is 0. The maximum Gasteiger partial charge on any atom is 0.261 e. The van der Waals surface area contributed by atoms with Crippen molar-refractivity contribution < 1.29 is 14.3 Å². The summed E-state index contributed by atoms with van der Waals surface area (Å²) in [4.78, 5) is 34.4. The van der Waals surface area contributed by atoms with Crippen LogP contribution in [0.15, 0.2) is 53.3 Å². The van der Waals surface area contributed by atoms with Crippen molar-refractivity contribution in [2.24, 2.45) is 0 Å². The minimum Gasteiger partial charge on any atom is -0.484 e. The number of hydrogen-bond acceptors (Lipinski definition) is 5. The Morgan fingerprint density at radius 1 is 1.23 bits per heavy atom. The van der Waals surface area contributed by atoms with Crippen molar-refractivity contribution in [3.05, 3.63) is 70.3 Å². The van der Waals surface area contributed by atoms with E-state index in [0.29, 0.717) is 35.6 Å². The molecule has 30 heavy (non-hydrogen) atoms. The van der Waals surface area contributed by atoms with Crippen LogP contribution in [0, 0.1) is 6.92 Å². The highest BCUT2D eigenvalue weighted by Crippen LogP contribution is 2.18. The monoisotopic (exact) mass is 407 g/mol. The molecule has 2 heterocycles. The van der Waals surface area contributed by atoms with Gasteiger partial charge in [0.2, 0.25) is 0 Å². The molecule has 7 heteroatoms. The van der Waals surface area contributed by atoms with E-state index in [-0.39, 0.29) is 30.7 Å². The molecule has 1 amide bonds. The summed E-state index contributed by atoms with van der Waals surface area (Å²) in [6.45, 7) is 3.18. The second-order valence-corrected chi connectivity index (χ2v) is 7.49. The molecule has 3 aromatic rings. The van der Waals surface area contributed by atoms with Crippen LogP contribution in [-0.2, 0) is 16.1 Å². The zero-order valence-corrected chi connectivity index (χ0v) is 17.0. The van der Waals surface area contributed by atoms with Gasteiger partial charge in [-0.15, -0.1) is 0 Å². The number of H-pyrrole nitrogens is 1. The van der Waals surface area contributed by atoms with Crippen molar-refractivity contribution in [3.63, 3.8) is 0 Å². The molecule has 0 spiro atoms. The predicted octanol–water partition coefficient (Wildman–Crippen LogP) is 2.82. The number of amides is 1. The van der Waals surface area contributed by atoms with E-state index in [1.807, 2.05) is 37.3 Å². The van der Waals surface area contributed by atoms with E-state index < -0.39 is 0 Å². The van der Waals surface area contributed by atoms with Gasteiger partial charge in [0.25, 0.3) is 11.5 Å². The maximum absolute atomic E-state index is 13.0. The van der Waals surface area contributed by atoms with E-state index in [2.05, 4.69) is 9.97 Å². The molecular formula is C23H25N3O4. The van der Waals surface area contributed by atoms with Crippen LogP contribution in [-0.4, -0.2) is 46.6 Å². The lowest BCUT2D eigenvalue weighted by atomic mass is 10.2. The largest absolute Gasteiger partial charge is 0.484 e. The summed E-state index contributed by atoms with van der Waals surface area (Å²) in [5.74, 6) is 0.950. The number of rotatable bonds is 7. The average Bonchev–Trinajstić information content (AvgIpc) is 3.26. The number of carbonyl (C=O) groups is 1. The van der Waals surface area contributed by atoms with Crippen LogP contribution in [0.2, 0.25) is 0 Å². The molecule has 1 aliphatic heterocycles. The lowest BCUT2D eigenvalue weighted by Crippen LogP contribution is -2.40. The molecule has 1 N–H and O–H groups in total. The number of nitrogens with zero attached hydrogens (tertiary/aromatic N) is 2. The highest BCUT2D eigenvalue weighted by Gasteiger charge is 2.24. The second kappa shape index (κ2) is 9.09. The van der Waals surface area contributed by atoms with Crippen molar-refractivity contribution in [2.45, 2.75) is 32.4 Å². The van der Waals surface area contributed by atoms with Gasteiger partial charge in [-0.1, -0.05) is 30.3 Å². The summed E-state index contributed by atoms with van der Waals surface area (Å²) in [6.07, 6.45) is 1.88. The Kier molecular flexibility index (Phi) is 6.09. The van der Waals surface area contributed by atoms with Crippen LogP contribution in [0.25, 0.3) is 10.9 Å². The quantitative estimate of drug-likeness (QED) is 0.651. The molecule has 0 radical (unpaired) electrons. The van der Waals surface area contributed by atoms with Gasteiger partial charge in [0, 0.05) is 13.2 Å². The minimum absolute atomic E-state index is 0.0143. The molecule has 156 valence electrons. The number of hydrogen-bond donors (Lipinski definition) is 1. The molecule has 1 saturated heterocycles. The Hall–Kier alpha value is -3.19. The molecular weight excluding hydrogens is 382 g/mol. The summed E-state index contributed by atoms with van der Waals surface area (Å²) in [7, 11) is 0. The molecule has 1 atom stereocenters. The lowest BCUT2D eigenvalue weighted by Gasteiger charge is -2.25. The normalized spacial score (nSPS) is 16.0. The first-order chi connectivity index (χ1) is 14.6. The number of fused-ring (bicyclic) bond motifs is 1. The van der Waals surface area contributed by atoms with E-state index in [4.69, 9.17) is 9.47 Å². The van der Waals surface area contributed by atoms with Gasteiger partial charge in [-0.05, 0) is 43.5 Å². The molecule has 0 unspecified atom stereocenters. The smallest absolute Gasteiger partial charge is 0.261 e. The van der Waals surface area contributed by atoms with E-state index in [1.54, 1.807) is 23.1 Å². The summed E-state index contributed by atoms with van der Waals surface area (Å²) in [6, 6.07) is 14.7. The molecule has 2 aromatic carbocycles. The molecule has 0 aliphatic carbocycles. The first-order valence-electron chi connectivity index (χ1n) is 10.2. The number of nitrogens with one attached hydrogen (secondary N) is 1. The first kappa shape index (κ1) is 20.1. The molecule has 1 aromatic heterocycles. The molecule has 7 nitrogen and oxygen atoms in total. The fourth-order valence-corrected chi connectivity index (χ4v) is 3.63. The minimum atomic E-state index is -0.212. The fraction of sp³-hybridized carbons (Fsp3) is 0.348. The van der Waals surface area contributed by atoms with Gasteiger partial charge in [-0.2, -0.15) is 0 Å². The van der Waals surface area contributed by atoms with Crippen LogP contribution < -0.4 is 10.3 Å². The van der Waals surface area contributed by atoms with E-state index >= 15 is 0 Å². The standard InChI is InChI=1S/C23H25N3O4/c1-16-7-2-5-11-20(16)30-15-22(27)26(13-17-8-6-12-29-17)14-21-24-19-10-4-3-9-18(19)23(28)25-21/h2-5,7,9-11,17H,6,8,12-15H2,1H3,(H,24,25,28)/t17-/m1/s1. The predicted molar refractivity (Wildman–Crippen MR) is 113 cm³/mol. The summed E-state index contributed by atoms with van der Waals surface area (Å²) in [5.41, 5.74) is 1.37. The molecule has 1 fully saturated rings. The van der Waals surface area contributed by atoms with Gasteiger partial charge >= 0.3 is 0 Å². The van der Waals surface area contributed by atoms with Crippen molar-refractivity contribution in [1.29, 1.82) is 0 Å². The van der Waals surface area contributed by atoms with Crippen molar-refractivity contribution >= 4 is 16.8 Å². The number of ether oxygens (including phenoxy) is 2. The van der Waals surface area contributed by atoms with Gasteiger partial charge in [0.05, 0.1) is 23.6 Å². The number of aromatic nitrogens is 2. The zero-order valence-electron chi connectivity index (χ0n) is 17.0. The fourth-order valence-electron chi connectivity index (χ4n) is 3.63. The number of benzene rings is 2. The van der Waals surface area contributed by atoms with Crippen molar-refractivity contribution in [3.8, 4) is 5.75 Å². The van der Waals surface area contributed by atoms with Crippen molar-refractivity contribution in [2.75, 3.05) is 19.8 Å². The third-order valence-corrected chi connectivity index (χ3v) is 5.25. The second-order valence-electron chi connectivity index (χ2n) is 7.49. The van der Waals surface area contributed by atoms with Crippen molar-refractivity contribution in [1.82, 2.24) is 14.9 Å². The number of carbonyl (C=O) groups excluding carboxylic acids is 1. The highest BCUT2D eigenvalue weighted by atomic mass is 16.5. The Morgan fingerprint density at radius 3 is 2.83 bits per heavy atom. The van der Waals surface area contributed by atoms with Gasteiger partial charge < -0.3 is 19.4 Å². The Bertz CT molecular complexity index is 1090. The average molecular weight is 407 g/mol. The van der Waals surface area contributed by atoms with Gasteiger partial charge in [0.1, 0.15) is 11.6 Å². The molecule has 0 bridgehead atoms. The number of para-hydroxylation sites is 2. The Labute approximate surface area is 174 Å². The van der Waals surface area contributed by atoms with Gasteiger partial charge in [-0.25, -0.2) is 4.98 Å². The van der Waals surface area contributed by atoms with E-state index in [1.165, 1.54) is 0 Å². The molecule has 1 aliphatic rings. The molecule has 4 rings (SSSR count). The number of aromatic amines is 1. The first-order valence-corrected chi connectivity index (χ1v) is 10.2. The third kappa shape index (κ3) is 4.68. The van der Waals surface area contributed by atoms with Crippen LogP contribution >= 0.6 is 0 Å². The summed E-state index contributed by atoms with van der Waals surface area (Å²) in [5, 5.41) is 0.529. The lowest BCUT2D eigenvalue weighted by molar-refractivity contribution is -0.135. The SMILES string of the molecule is Cc1ccccc1OCC(=O)N(Cc1nc2ccccc2c(=O)[nH]1)C[C@H]1CCCO1. The van der Waals surface area contributed by atoms with Crippen LogP contribution in [0.3, 0.4) is 0 Å². The third-order valence-electron chi connectivity index (χ3n) is 5.25. The van der Waals surface area contributed by atoms with Crippen LogP contribution in [0.5, 0.6) is 5.75 Å². The van der Waals surface area contributed by atoms with Gasteiger partial charge in [0.15, 0.2) is 6.61 Å². The van der Waals surface area contributed by atoms with E-state index in [0.717, 1.165) is 18.4 Å². The summed E-state index contributed by atoms with van der Waals surface area (Å²) < 4.78 is 11.5. The van der Waals surface area contributed by atoms with Crippen LogP contribution in [0.4, 0.5) is 0 Å². The Morgan fingerprint density at radius 2 is 2.03 bits per heavy atom. The topological polar surface area (TPSA) is 84.5 Å².